The van der Waals surface area contributed by atoms with E-state index in [9.17, 15) is 9.59 Å². The lowest BCUT2D eigenvalue weighted by atomic mass is 10.1. The Labute approximate surface area is 200 Å². The number of aryl methyl sites for hydroxylation is 1. The summed E-state index contributed by atoms with van der Waals surface area (Å²) in [6.07, 6.45) is 5.96. The van der Waals surface area contributed by atoms with Crippen molar-refractivity contribution in [1.82, 2.24) is 24.5 Å². The third kappa shape index (κ3) is 4.55. The number of thiophene rings is 1. The minimum Gasteiger partial charge on any atom is -0.325 e. The van der Waals surface area contributed by atoms with E-state index in [1.54, 1.807) is 41.1 Å². The zero-order valence-electron chi connectivity index (χ0n) is 19.0. The van der Waals surface area contributed by atoms with Gasteiger partial charge in [-0.2, -0.15) is 11.3 Å². The van der Waals surface area contributed by atoms with Crippen LogP contribution in [0.25, 0.3) is 16.8 Å². The first-order valence-corrected chi connectivity index (χ1v) is 12.1. The minimum atomic E-state index is -0.406. The lowest BCUT2D eigenvalue weighted by Gasteiger charge is -2.18. The van der Waals surface area contributed by atoms with Crippen molar-refractivity contribution in [3.63, 3.8) is 0 Å². The van der Waals surface area contributed by atoms with Crippen LogP contribution in [0.4, 0.5) is 11.4 Å². The molecule has 5 rings (SSSR count). The molecule has 1 fully saturated rings. The molecule has 0 spiro atoms. The summed E-state index contributed by atoms with van der Waals surface area (Å²) in [6.45, 7) is 2.82. The molecule has 4 aromatic rings. The van der Waals surface area contributed by atoms with Gasteiger partial charge >= 0.3 is 0 Å². The van der Waals surface area contributed by atoms with Crippen molar-refractivity contribution in [2.24, 2.45) is 0 Å². The highest BCUT2D eigenvalue weighted by Gasteiger charge is 2.23. The Kier molecular flexibility index (Phi) is 6.08. The van der Waals surface area contributed by atoms with E-state index in [4.69, 9.17) is 0 Å². The average Bonchev–Trinajstić information content (AvgIpc) is 3.57. The van der Waals surface area contributed by atoms with E-state index in [0.29, 0.717) is 29.1 Å². The van der Waals surface area contributed by atoms with E-state index in [1.165, 1.54) is 0 Å². The van der Waals surface area contributed by atoms with Crippen LogP contribution in [0, 0.1) is 6.92 Å². The van der Waals surface area contributed by atoms with E-state index in [1.807, 2.05) is 30.6 Å². The van der Waals surface area contributed by atoms with Crippen LogP contribution in [0.5, 0.6) is 0 Å². The van der Waals surface area contributed by atoms with Gasteiger partial charge in [-0.1, -0.05) is 0 Å². The van der Waals surface area contributed by atoms with Gasteiger partial charge in [-0.25, -0.2) is 0 Å². The van der Waals surface area contributed by atoms with Crippen LogP contribution in [0.3, 0.4) is 0 Å². The Bertz CT molecular complexity index is 1350. The van der Waals surface area contributed by atoms with Gasteiger partial charge in [0.1, 0.15) is 0 Å². The molecule has 2 N–H and O–H groups in total. The van der Waals surface area contributed by atoms with Crippen LogP contribution in [-0.2, 0) is 4.79 Å². The van der Waals surface area contributed by atoms with Crippen molar-refractivity contribution < 1.29 is 9.59 Å². The van der Waals surface area contributed by atoms with Crippen LogP contribution in [0.15, 0.2) is 47.4 Å². The fourth-order valence-corrected chi connectivity index (χ4v) is 4.89. The van der Waals surface area contributed by atoms with E-state index >= 15 is 0 Å². The summed E-state index contributed by atoms with van der Waals surface area (Å²) in [5, 5.41) is 18.1. The molecule has 0 unspecified atom stereocenters. The number of rotatable bonds is 6. The highest BCUT2D eigenvalue weighted by Crippen LogP contribution is 2.24. The van der Waals surface area contributed by atoms with Gasteiger partial charge in [0.15, 0.2) is 5.65 Å². The zero-order valence-corrected chi connectivity index (χ0v) is 19.8. The second-order valence-electron chi connectivity index (χ2n) is 8.52. The molecule has 4 aromatic heterocycles. The summed E-state index contributed by atoms with van der Waals surface area (Å²) in [5.74, 6) is -0.298. The molecule has 174 valence electrons. The number of anilines is 2. The summed E-state index contributed by atoms with van der Waals surface area (Å²) in [5.41, 5.74) is 4.38. The molecule has 1 saturated heterocycles. The number of likely N-dealkylation sites (tertiary alicyclic amines) is 1. The average molecular weight is 476 g/mol. The van der Waals surface area contributed by atoms with E-state index in [2.05, 4.69) is 36.1 Å². The van der Waals surface area contributed by atoms with Crippen LogP contribution in [-0.4, -0.2) is 55.9 Å². The first-order chi connectivity index (χ1) is 16.5. The molecule has 0 saturated carbocycles. The predicted molar refractivity (Wildman–Crippen MR) is 132 cm³/mol. The maximum atomic E-state index is 13.0. The Morgan fingerprint density at radius 2 is 2.06 bits per heavy atom. The van der Waals surface area contributed by atoms with Crippen LogP contribution in [0.2, 0.25) is 0 Å². The molecule has 34 heavy (non-hydrogen) atoms. The molecule has 0 bridgehead atoms. The van der Waals surface area contributed by atoms with Gasteiger partial charge in [-0.3, -0.25) is 19.0 Å². The molecule has 0 aromatic carbocycles. The molecule has 1 aliphatic heterocycles. The summed E-state index contributed by atoms with van der Waals surface area (Å²) in [7, 11) is 2.04. The van der Waals surface area contributed by atoms with Crippen molar-refractivity contribution >= 4 is 40.2 Å². The summed E-state index contributed by atoms with van der Waals surface area (Å²) in [6, 6.07) is 7.85. The lowest BCUT2D eigenvalue weighted by Crippen LogP contribution is -2.29. The van der Waals surface area contributed by atoms with Gasteiger partial charge < -0.3 is 15.5 Å². The number of pyridine rings is 2. The second kappa shape index (κ2) is 9.32. The third-order valence-electron chi connectivity index (χ3n) is 6.18. The van der Waals surface area contributed by atoms with Crippen molar-refractivity contribution in [1.29, 1.82) is 0 Å². The number of hydrogen-bond donors (Lipinski definition) is 2. The number of nitrogens with zero attached hydrogens (tertiary/aromatic N) is 5. The summed E-state index contributed by atoms with van der Waals surface area (Å²) < 4.78 is 1.65. The fourth-order valence-electron chi connectivity index (χ4n) is 4.22. The van der Waals surface area contributed by atoms with Gasteiger partial charge in [0.25, 0.3) is 5.91 Å². The lowest BCUT2D eigenvalue weighted by molar-refractivity contribution is -0.117. The maximum Gasteiger partial charge on any atom is 0.294 e. The highest BCUT2D eigenvalue weighted by molar-refractivity contribution is 7.08. The molecule has 2 amide bonds. The van der Waals surface area contributed by atoms with Gasteiger partial charge in [0, 0.05) is 18.7 Å². The van der Waals surface area contributed by atoms with Crippen molar-refractivity contribution in [2.45, 2.75) is 32.2 Å². The second-order valence-corrected chi connectivity index (χ2v) is 9.30. The molecule has 1 aliphatic rings. The fraction of sp³-hybridized carbons (Fsp3) is 0.292. The number of fused-ring (bicyclic) bond motifs is 1. The molecule has 0 aliphatic carbocycles. The predicted octanol–water partition coefficient (Wildman–Crippen LogP) is 3.84. The van der Waals surface area contributed by atoms with Gasteiger partial charge in [0.2, 0.25) is 11.7 Å². The maximum absolute atomic E-state index is 13.0. The molecule has 0 radical (unpaired) electrons. The topological polar surface area (TPSA) is 105 Å². The van der Waals surface area contributed by atoms with E-state index in [0.717, 1.165) is 30.5 Å². The van der Waals surface area contributed by atoms with Crippen LogP contribution in [0.1, 0.15) is 35.6 Å². The number of amides is 2. The summed E-state index contributed by atoms with van der Waals surface area (Å²) in [4.78, 5) is 32.1. The molecule has 10 heteroatoms. The van der Waals surface area contributed by atoms with Gasteiger partial charge in [-0.05, 0) is 79.5 Å². The smallest absolute Gasteiger partial charge is 0.294 e. The Balaban J connectivity index is 1.30. The number of carbonyl (C=O) groups excluding carboxylic acids is 2. The Hall–Kier alpha value is -3.63. The Morgan fingerprint density at radius 1 is 1.18 bits per heavy atom. The largest absolute Gasteiger partial charge is 0.325 e. The molecule has 5 heterocycles. The number of aromatic nitrogens is 4. The van der Waals surface area contributed by atoms with E-state index < -0.39 is 5.91 Å². The molecular formula is C24H25N7O2S. The van der Waals surface area contributed by atoms with Crippen molar-refractivity contribution in [3.8, 4) is 11.1 Å². The number of hydrogen-bond acceptors (Lipinski definition) is 7. The SMILES string of the molecule is Cc1ncc(NC(=O)C[C@@H]2CCCN2C)cc1NC(=O)c1nnc2cc(-c3ccsc3)ccn12. The molecule has 1 atom stereocenters. The van der Waals surface area contributed by atoms with E-state index in [-0.39, 0.29) is 17.8 Å². The Morgan fingerprint density at radius 3 is 2.82 bits per heavy atom. The standard InChI is InChI=1S/C24H25N7O2S/c1-15-20(11-18(13-25-15)26-22(32)12-19-4-3-7-30(19)2)27-24(33)23-29-28-21-10-16(5-8-31(21)23)17-6-9-34-14-17/h5-6,8-11,13-14,19H,3-4,7,12H2,1-2H3,(H,26,32)(H,27,33)/t19-/m0/s1. The van der Waals surface area contributed by atoms with Gasteiger partial charge in [-0.15, -0.1) is 10.2 Å². The first kappa shape index (κ1) is 22.2. The molecule has 9 nitrogen and oxygen atoms in total. The van der Waals surface area contributed by atoms with Crippen LogP contribution >= 0.6 is 11.3 Å². The minimum absolute atomic E-state index is 0.0634. The van der Waals surface area contributed by atoms with Gasteiger partial charge in [0.05, 0.1) is 23.3 Å². The van der Waals surface area contributed by atoms with Crippen molar-refractivity contribution in [2.75, 3.05) is 24.2 Å². The quantitative estimate of drug-likeness (QED) is 0.439. The summed E-state index contributed by atoms with van der Waals surface area (Å²) >= 11 is 1.62. The van der Waals surface area contributed by atoms with Crippen LogP contribution < -0.4 is 10.6 Å². The highest BCUT2D eigenvalue weighted by atomic mass is 32.1. The first-order valence-electron chi connectivity index (χ1n) is 11.1. The molecular weight excluding hydrogens is 450 g/mol. The number of nitrogens with one attached hydrogen (secondary N) is 2. The normalized spacial score (nSPS) is 16.1. The number of carbonyl (C=O) groups is 2. The monoisotopic (exact) mass is 475 g/mol. The zero-order chi connectivity index (χ0) is 23.7. The third-order valence-corrected chi connectivity index (χ3v) is 6.86. The van der Waals surface area contributed by atoms with Crippen molar-refractivity contribution in [3.05, 3.63) is 58.9 Å².